The van der Waals surface area contributed by atoms with Crippen LogP contribution in [0.4, 0.5) is 0 Å². The molecule has 1 aromatic carbocycles. The monoisotopic (exact) mass is 1280 g/mol. The van der Waals surface area contributed by atoms with E-state index in [9.17, 15) is 62.6 Å². The molecule has 1 aromatic rings. The topological polar surface area (TPSA) is 448 Å². The highest BCUT2D eigenvalue weighted by Gasteiger charge is 2.36. The van der Waals surface area contributed by atoms with Crippen molar-refractivity contribution in [2.24, 2.45) is 28.1 Å². The molecule has 2 rings (SSSR count). The van der Waals surface area contributed by atoms with Crippen LogP contribution < -0.4 is 75.7 Å². The number of benzene rings is 1. The fraction of sp³-hybridized carbons (Fsp3) is 0.661. The van der Waals surface area contributed by atoms with Crippen molar-refractivity contribution in [3.63, 3.8) is 0 Å². The number of aliphatic imine (C=N–C) groups is 1. The average molecular weight is 1280 g/mol. The minimum Gasteiger partial charge on any atom is -0.481 e. The number of ketones is 11. The zero-order valence-corrected chi connectivity index (χ0v) is 52.7. The summed E-state index contributed by atoms with van der Waals surface area (Å²) in [4.78, 5) is 166. The van der Waals surface area contributed by atoms with E-state index in [4.69, 9.17) is 17.2 Å². The molecule has 488 valence electrons. The number of carbonyl (C=O) groups is 12. The molecule has 1 heterocycles. The molecule has 0 aliphatic carbocycles. The van der Waals surface area contributed by atoms with Crippen molar-refractivity contribution in [2.75, 3.05) is 109 Å². The lowest BCUT2D eigenvalue weighted by Crippen LogP contribution is -2.56. The number of carboxylic acid groups (broad SMARTS) is 1. The number of thioether (sulfide) groups is 1. The molecule has 0 aromatic heterocycles. The van der Waals surface area contributed by atoms with Crippen LogP contribution in [0, 0.1) is 5.92 Å². The molecule has 1 aliphatic rings. The van der Waals surface area contributed by atoms with E-state index in [1.165, 1.54) is 11.8 Å². The normalized spacial score (nSPS) is 24.7. The summed E-state index contributed by atoms with van der Waals surface area (Å²) in [6, 6.07) is -0.248. The molecule has 28 nitrogen and oxygen atoms in total. The zero-order valence-electron chi connectivity index (χ0n) is 50.1. The van der Waals surface area contributed by atoms with Crippen molar-refractivity contribution in [3.8, 4) is 0 Å². The number of carbonyl (C=O) groups excluding carboxylic acids is 11. The minimum atomic E-state index is -1.61. The lowest BCUT2D eigenvalue weighted by molar-refractivity contribution is -0.143. The Morgan fingerprint density at radius 3 is 1.67 bits per heavy atom. The Kier molecular flexibility index (Phi) is 40.5. The highest BCUT2D eigenvalue weighted by atomic mass is 32.2. The molecule has 87 heavy (non-hydrogen) atoms. The summed E-state index contributed by atoms with van der Waals surface area (Å²) in [5.41, 5.74) is 17.5. The second-order valence-corrected chi connectivity index (χ2v) is 22.9. The van der Waals surface area contributed by atoms with Crippen LogP contribution in [0.25, 0.3) is 0 Å². The van der Waals surface area contributed by atoms with Crippen LogP contribution in [0.1, 0.15) is 70.8 Å². The molecule has 0 saturated carbocycles. The quantitative estimate of drug-likeness (QED) is 0.0203. The van der Waals surface area contributed by atoms with E-state index in [0.29, 0.717) is 30.6 Å². The van der Waals surface area contributed by atoms with E-state index in [2.05, 4.69) is 88.7 Å². The number of Topliss-reactive ketones (excluding diaryl/α,β-unsaturated/α-hetero) is 11. The number of carboxylic acids is 1. The Hall–Kier alpha value is -5.10. The van der Waals surface area contributed by atoms with Gasteiger partial charge in [-0.25, -0.2) is 0 Å². The summed E-state index contributed by atoms with van der Waals surface area (Å²) in [5, 5.41) is 41.8. The molecule has 0 bridgehead atoms. The van der Waals surface area contributed by atoms with Gasteiger partial charge in [-0.2, -0.15) is 37.0 Å². The van der Waals surface area contributed by atoms with Crippen molar-refractivity contribution >= 4 is 113 Å². The molecule has 8 atom stereocenters. The maximum absolute atomic E-state index is 14.3. The first-order valence-electron chi connectivity index (χ1n) is 29.2. The molecule has 31 heteroatoms. The van der Waals surface area contributed by atoms with Crippen LogP contribution in [-0.4, -0.2) is 238 Å². The Labute approximate surface area is 524 Å². The van der Waals surface area contributed by atoms with Gasteiger partial charge in [-0.15, -0.1) is 0 Å². The van der Waals surface area contributed by atoms with Crippen molar-refractivity contribution < 1.29 is 62.6 Å². The summed E-state index contributed by atoms with van der Waals surface area (Å²) in [5.74, 6) is -9.51. The van der Waals surface area contributed by atoms with Crippen LogP contribution in [0.2, 0.25) is 0 Å². The van der Waals surface area contributed by atoms with Crippen molar-refractivity contribution in [1.82, 2.24) is 58.5 Å². The molecule has 0 radical (unpaired) electrons. The highest BCUT2D eigenvalue weighted by Crippen LogP contribution is 2.12. The number of guanidine groups is 1. The Morgan fingerprint density at radius 2 is 1.08 bits per heavy atom. The van der Waals surface area contributed by atoms with Gasteiger partial charge in [0.25, 0.3) is 0 Å². The SMILES string of the molecule is CSCC[C@@H]1NCC(=O)CNCN[C@@H](CCCN=C(N)N)C(=O)C(=O)[C@H](CC(=O)O)NCN[C@@H](CCCCN)C(=O)C(=O)[C@H](CC(C)C)NCN[C@@H](Cc2ccccc2)C(=O)C(=O)[C@H](CS)NCCN[C@@H](CS)C(=O)C(=O)CNCC(=O)CNCC1=O. The molecular weight excluding hydrogens is 1190 g/mol. The summed E-state index contributed by atoms with van der Waals surface area (Å²) in [7, 11) is 0. The molecule has 1 aliphatic heterocycles. The van der Waals surface area contributed by atoms with E-state index in [-0.39, 0.29) is 139 Å². The summed E-state index contributed by atoms with van der Waals surface area (Å²) in [6.45, 7) is 1.62. The molecule has 1 fully saturated rings. The van der Waals surface area contributed by atoms with E-state index in [1.807, 2.05) is 20.1 Å². The van der Waals surface area contributed by atoms with E-state index in [1.54, 1.807) is 30.3 Å². The molecular formula is C56H93N15O13S3. The second kappa shape index (κ2) is 45.2. The Balaban J connectivity index is 2.51. The van der Waals surface area contributed by atoms with Crippen molar-refractivity contribution in [3.05, 3.63) is 35.9 Å². The summed E-state index contributed by atoms with van der Waals surface area (Å²) in [6.07, 6.45) is 2.76. The van der Waals surface area contributed by atoms with Gasteiger partial charge in [0.05, 0.1) is 94.0 Å². The largest absolute Gasteiger partial charge is 0.481 e. The first kappa shape index (κ1) is 78.0. The maximum atomic E-state index is 14.3. The van der Waals surface area contributed by atoms with Gasteiger partial charge in [0.1, 0.15) is 0 Å². The summed E-state index contributed by atoms with van der Waals surface area (Å²) >= 11 is 10.1. The number of rotatable bonds is 19. The van der Waals surface area contributed by atoms with E-state index < -0.39 is 126 Å². The third-order valence-electron chi connectivity index (χ3n) is 13.7. The first-order chi connectivity index (χ1) is 41.6. The molecule has 18 N–H and O–H groups in total. The van der Waals surface area contributed by atoms with Crippen LogP contribution in [0.15, 0.2) is 35.3 Å². The van der Waals surface area contributed by atoms with Gasteiger partial charge in [0.2, 0.25) is 46.3 Å². The highest BCUT2D eigenvalue weighted by molar-refractivity contribution is 7.98. The van der Waals surface area contributed by atoms with Crippen molar-refractivity contribution in [2.45, 2.75) is 120 Å². The standard InChI is InChI=1S/C56H93N15O13S3/c1-34(2)20-41-52(81)50(79)39(12-7-8-15-57)68-32-71-43(22-48(76)77)54(83)51(80)40(13-9-16-65-56(58)59)67-31-62-25-37(73)26-66-38(14-19-87-3)46(74)27-60-23-36(72)24-61-28-47(75)49(78)44(29-85)63-17-18-64-45(30-86)55(84)53(82)42(70-33-69-41)21-35-10-5-4-6-11-35/h4-6,10-11,34,38-45,60-64,66-71,85-86H,7-9,12-33,57H2,1-3H3,(H,76,77)(H4,58,59,65)/t38-,39-,40-,41-,42-,43-,44-,45-/m0/s1. The Morgan fingerprint density at radius 1 is 0.575 bits per heavy atom. The molecule has 0 unspecified atom stereocenters. The van der Waals surface area contributed by atoms with Gasteiger partial charge in [-0.1, -0.05) is 50.6 Å². The molecule has 1 saturated heterocycles. The fourth-order valence-corrected chi connectivity index (χ4v) is 10.0. The third kappa shape index (κ3) is 31.8. The predicted molar refractivity (Wildman–Crippen MR) is 339 cm³/mol. The van der Waals surface area contributed by atoms with Crippen molar-refractivity contribution in [1.29, 1.82) is 0 Å². The number of nitrogens with one attached hydrogen (secondary N) is 11. The molecule has 0 amide bonds. The third-order valence-corrected chi connectivity index (χ3v) is 15.1. The fourth-order valence-electron chi connectivity index (χ4n) is 8.97. The number of unbranched alkanes of at least 4 members (excludes halogenated alkanes) is 1. The lowest BCUT2D eigenvalue weighted by atomic mass is 9.93. The van der Waals surface area contributed by atoms with Crippen LogP contribution >= 0.6 is 37.0 Å². The van der Waals surface area contributed by atoms with Gasteiger partial charge in [-0.05, 0) is 75.0 Å². The zero-order chi connectivity index (χ0) is 64.7. The first-order valence-corrected chi connectivity index (χ1v) is 31.8. The van der Waals surface area contributed by atoms with Crippen LogP contribution in [-0.2, 0) is 64.0 Å². The van der Waals surface area contributed by atoms with Gasteiger partial charge in [0.15, 0.2) is 23.3 Å². The smallest absolute Gasteiger partial charge is 0.305 e. The Bertz CT molecular complexity index is 2430. The second-order valence-electron chi connectivity index (χ2n) is 21.2. The van der Waals surface area contributed by atoms with Gasteiger partial charge >= 0.3 is 5.97 Å². The number of nitrogens with two attached hydrogens (primary N) is 3. The number of thiol groups is 2. The lowest BCUT2D eigenvalue weighted by Gasteiger charge is -2.25. The average Bonchev–Trinajstić information content (AvgIpc) is 3.70. The van der Waals surface area contributed by atoms with Crippen LogP contribution in [0.5, 0.6) is 0 Å². The predicted octanol–water partition coefficient (Wildman–Crippen LogP) is -4.87. The number of aliphatic carboxylic acids is 1. The van der Waals surface area contributed by atoms with Gasteiger partial charge in [-0.3, -0.25) is 94.4 Å². The van der Waals surface area contributed by atoms with Gasteiger partial charge in [0, 0.05) is 51.1 Å². The summed E-state index contributed by atoms with van der Waals surface area (Å²) < 4.78 is 0. The molecule has 0 spiro atoms. The minimum absolute atomic E-state index is 0.00128. The van der Waals surface area contributed by atoms with Crippen LogP contribution in [0.3, 0.4) is 0 Å². The van der Waals surface area contributed by atoms with E-state index in [0.717, 1.165) is 0 Å². The number of hydrogen-bond acceptors (Lipinski definition) is 28. The number of nitrogens with zero attached hydrogens (tertiary/aromatic N) is 1. The maximum Gasteiger partial charge on any atom is 0.305 e. The van der Waals surface area contributed by atoms with Gasteiger partial charge < -0.3 is 48.9 Å². The van der Waals surface area contributed by atoms with E-state index >= 15 is 0 Å². The number of hydrogen-bond donors (Lipinski definition) is 17.